The van der Waals surface area contributed by atoms with Gasteiger partial charge in [0.15, 0.2) is 0 Å². The molecule has 0 fully saturated rings. The number of hydrogen-bond donors (Lipinski definition) is 1. The molecule has 0 aromatic heterocycles. The highest BCUT2D eigenvalue weighted by molar-refractivity contribution is 6.31. The normalized spacial score (nSPS) is 10.5. The van der Waals surface area contributed by atoms with Gasteiger partial charge in [0.25, 0.3) is 0 Å². The Morgan fingerprint density at radius 2 is 2.12 bits per heavy atom. The standard InChI is InChI=1S/C13H21ClN2/c1-4-5-8-16(3)12-7-6-11(10-15-2)13(14)9-12/h6-7,9,15H,4-5,8,10H2,1-3H3. The molecule has 0 bridgehead atoms. The van der Waals surface area contributed by atoms with Crippen molar-refractivity contribution in [1.29, 1.82) is 0 Å². The Morgan fingerprint density at radius 1 is 1.38 bits per heavy atom. The highest BCUT2D eigenvalue weighted by atomic mass is 35.5. The number of benzene rings is 1. The first kappa shape index (κ1) is 13.3. The lowest BCUT2D eigenvalue weighted by Crippen LogP contribution is -2.18. The van der Waals surface area contributed by atoms with E-state index in [9.17, 15) is 0 Å². The molecule has 0 aliphatic heterocycles. The van der Waals surface area contributed by atoms with Crippen LogP contribution in [0.15, 0.2) is 18.2 Å². The van der Waals surface area contributed by atoms with E-state index >= 15 is 0 Å². The van der Waals surface area contributed by atoms with Gasteiger partial charge in [-0.25, -0.2) is 0 Å². The van der Waals surface area contributed by atoms with Gasteiger partial charge in [-0.2, -0.15) is 0 Å². The minimum Gasteiger partial charge on any atom is -0.375 e. The number of hydrogen-bond acceptors (Lipinski definition) is 2. The summed E-state index contributed by atoms with van der Waals surface area (Å²) in [6.45, 7) is 4.10. The third kappa shape index (κ3) is 3.69. The van der Waals surface area contributed by atoms with Crippen molar-refractivity contribution in [2.75, 3.05) is 25.5 Å². The van der Waals surface area contributed by atoms with Crippen molar-refractivity contribution in [3.05, 3.63) is 28.8 Å². The maximum absolute atomic E-state index is 6.22. The fourth-order valence-electron chi connectivity index (χ4n) is 1.63. The van der Waals surface area contributed by atoms with E-state index in [-0.39, 0.29) is 0 Å². The van der Waals surface area contributed by atoms with Crippen LogP contribution in [0, 0.1) is 0 Å². The highest BCUT2D eigenvalue weighted by Crippen LogP contribution is 2.23. The molecular formula is C13H21ClN2. The molecule has 0 radical (unpaired) electrons. The maximum Gasteiger partial charge on any atom is 0.0471 e. The zero-order valence-electron chi connectivity index (χ0n) is 10.4. The number of unbranched alkanes of at least 4 members (excludes halogenated alkanes) is 1. The van der Waals surface area contributed by atoms with Crippen LogP contribution in [0.25, 0.3) is 0 Å². The van der Waals surface area contributed by atoms with Crippen molar-refractivity contribution in [2.24, 2.45) is 0 Å². The summed E-state index contributed by atoms with van der Waals surface area (Å²) < 4.78 is 0. The van der Waals surface area contributed by atoms with Gasteiger partial charge in [-0.05, 0) is 31.2 Å². The summed E-state index contributed by atoms with van der Waals surface area (Å²) in [6.07, 6.45) is 2.43. The molecule has 1 aromatic carbocycles. The zero-order valence-corrected chi connectivity index (χ0v) is 11.1. The lowest BCUT2D eigenvalue weighted by Gasteiger charge is -2.19. The van der Waals surface area contributed by atoms with Gasteiger partial charge in [-0.3, -0.25) is 0 Å². The van der Waals surface area contributed by atoms with Gasteiger partial charge in [0.2, 0.25) is 0 Å². The Balaban J connectivity index is 2.71. The number of rotatable bonds is 6. The van der Waals surface area contributed by atoms with Gasteiger partial charge < -0.3 is 10.2 Å². The van der Waals surface area contributed by atoms with Crippen molar-refractivity contribution in [2.45, 2.75) is 26.3 Å². The molecule has 0 saturated carbocycles. The number of anilines is 1. The Bertz CT molecular complexity index is 326. The van der Waals surface area contributed by atoms with Gasteiger partial charge in [0.1, 0.15) is 0 Å². The lowest BCUT2D eigenvalue weighted by molar-refractivity contribution is 0.766. The molecule has 0 aliphatic carbocycles. The van der Waals surface area contributed by atoms with E-state index in [1.807, 2.05) is 13.1 Å². The first-order chi connectivity index (χ1) is 7.69. The monoisotopic (exact) mass is 240 g/mol. The molecular weight excluding hydrogens is 220 g/mol. The fourth-order valence-corrected chi connectivity index (χ4v) is 1.87. The van der Waals surface area contributed by atoms with Crippen molar-refractivity contribution in [1.82, 2.24) is 5.32 Å². The molecule has 1 rings (SSSR count). The van der Waals surface area contributed by atoms with E-state index in [1.165, 1.54) is 18.5 Å². The summed E-state index contributed by atoms with van der Waals surface area (Å²) in [4.78, 5) is 2.25. The molecule has 2 nitrogen and oxygen atoms in total. The van der Waals surface area contributed by atoms with Gasteiger partial charge in [-0.1, -0.05) is 31.0 Å². The second kappa shape index (κ2) is 6.77. The van der Waals surface area contributed by atoms with E-state index in [2.05, 4.69) is 36.3 Å². The third-order valence-corrected chi connectivity index (χ3v) is 3.04. The van der Waals surface area contributed by atoms with E-state index < -0.39 is 0 Å². The molecule has 0 unspecified atom stereocenters. The summed E-state index contributed by atoms with van der Waals surface area (Å²) in [5, 5.41) is 3.95. The predicted molar refractivity (Wildman–Crippen MR) is 72.4 cm³/mol. The molecule has 0 spiro atoms. The van der Waals surface area contributed by atoms with Crippen molar-refractivity contribution < 1.29 is 0 Å². The highest BCUT2D eigenvalue weighted by Gasteiger charge is 2.04. The number of nitrogens with one attached hydrogen (secondary N) is 1. The molecule has 1 N–H and O–H groups in total. The largest absolute Gasteiger partial charge is 0.375 e. The average molecular weight is 241 g/mol. The number of nitrogens with zero attached hydrogens (tertiary/aromatic N) is 1. The van der Waals surface area contributed by atoms with E-state index in [0.717, 1.165) is 23.7 Å². The first-order valence-corrected chi connectivity index (χ1v) is 6.21. The van der Waals surface area contributed by atoms with E-state index in [4.69, 9.17) is 11.6 Å². The quantitative estimate of drug-likeness (QED) is 0.821. The summed E-state index contributed by atoms with van der Waals surface area (Å²) in [5.74, 6) is 0. The second-order valence-corrected chi connectivity index (χ2v) is 4.49. The van der Waals surface area contributed by atoms with Crippen LogP contribution in [0.5, 0.6) is 0 Å². The molecule has 90 valence electrons. The smallest absolute Gasteiger partial charge is 0.0471 e. The molecule has 0 atom stereocenters. The SMILES string of the molecule is CCCCN(C)c1ccc(CNC)c(Cl)c1. The minimum atomic E-state index is 0.817. The fraction of sp³-hybridized carbons (Fsp3) is 0.538. The van der Waals surface area contributed by atoms with Gasteiger partial charge in [0.05, 0.1) is 0 Å². The van der Waals surface area contributed by atoms with Crippen molar-refractivity contribution in [3.8, 4) is 0 Å². The topological polar surface area (TPSA) is 15.3 Å². The molecule has 0 saturated heterocycles. The number of halogens is 1. The van der Waals surface area contributed by atoms with Gasteiger partial charge >= 0.3 is 0 Å². The van der Waals surface area contributed by atoms with Crippen LogP contribution in [0.3, 0.4) is 0 Å². The summed E-state index contributed by atoms with van der Waals surface area (Å²) in [5.41, 5.74) is 2.34. The van der Waals surface area contributed by atoms with Crippen LogP contribution >= 0.6 is 11.6 Å². The molecule has 3 heteroatoms. The van der Waals surface area contributed by atoms with Crippen LogP contribution in [0.1, 0.15) is 25.3 Å². The Kier molecular flexibility index (Phi) is 5.64. The summed E-state index contributed by atoms with van der Waals surface area (Å²) in [7, 11) is 4.04. The predicted octanol–water partition coefficient (Wildman–Crippen LogP) is 3.30. The molecule has 1 aromatic rings. The van der Waals surface area contributed by atoms with Gasteiger partial charge in [-0.15, -0.1) is 0 Å². The van der Waals surface area contributed by atoms with Crippen LogP contribution < -0.4 is 10.2 Å². The Labute approximate surface area is 104 Å². The molecule has 0 heterocycles. The van der Waals surface area contributed by atoms with Crippen LogP contribution in [0.4, 0.5) is 5.69 Å². The second-order valence-electron chi connectivity index (χ2n) is 4.08. The van der Waals surface area contributed by atoms with Gasteiger partial charge in [0, 0.05) is 30.8 Å². The van der Waals surface area contributed by atoms with Crippen LogP contribution in [-0.2, 0) is 6.54 Å². The molecule has 0 amide bonds. The van der Waals surface area contributed by atoms with E-state index in [1.54, 1.807) is 0 Å². The van der Waals surface area contributed by atoms with Crippen LogP contribution in [-0.4, -0.2) is 20.6 Å². The minimum absolute atomic E-state index is 0.817. The summed E-state index contributed by atoms with van der Waals surface area (Å²) >= 11 is 6.22. The molecule has 0 aliphatic rings. The van der Waals surface area contributed by atoms with Crippen LogP contribution in [0.2, 0.25) is 5.02 Å². The molecule has 16 heavy (non-hydrogen) atoms. The average Bonchev–Trinajstić information content (AvgIpc) is 2.29. The third-order valence-electron chi connectivity index (χ3n) is 2.69. The first-order valence-electron chi connectivity index (χ1n) is 5.83. The van der Waals surface area contributed by atoms with Crippen molar-refractivity contribution in [3.63, 3.8) is 0 Å². The Morgan fingerprint density at radius 3 is 2.69 bits per heavy atom. The summed E-state index contributed by atoms with van der Waals surface area (Å²) in [6, 6.07) is 6.27. The lowest BCUT2D eigenvalue weighted by atomic mass is 10.2. The zero-order chi connectivity index (χ0) is 12.0. The van der Waals surface area contributed by atoms with Crippen molar-refractivity contribution >= 4 is 17.3 Å². The maximum atomic E-state index is 6.22. The van der Waals surface area contributed by atoms with E-state index in [0.29, 0.717) is 0 Å². The Hall–Kier alpha value is -0.730.